The summed E-state index contributed by atoms with van der Waals surface area (Å²) in [7, 11) is 2.14. The zero-order valence-electron chi connectivity index (χ0n) is 16.3. The largest absolute Gasteiger partial charge is 0.490 e. The molecule has 3 rings (SSSR count). The van der Waals surface area contributed by atoms with Crippen LogP contribution in [0.3, 0.4) is 0 Å². The van der Waals surface area contributed by atoms with E-state index in [4.69, 9.17) is 9.47 Å². The Morgan fingerprint density at radius 2 is 1.63 bits per heavy atom. The van der Waals surface area contributed by atoms with Gasteiger partial charge in [-0.2, -0.15) is 0 Å². The smallest absolute Gasteiger partial charge is 0.265 e. The molecule has 2 aromatic rings. The van der Waals surface area contributed by atoms with Gasteiger partial charge in [-0.15, -0.1) is 0 Å². The van der Waals surface area contributed by atoms with Gasteiger partial charge in [-0.1, -0.05) is 17.7 Å². The minimum Gasteiger partial charge on any atom is -0.490 e. The van der Waals surface area contributed by atoms with Crippen molar-refractivity contribution in [3.63, 3.8) is 0 Å². The lowest BCUT2D eigenvalue weighted by Crippen LogP contribution is -2.35. The molecule has 5 heteroatoms. The number of ether oxygens (including phenoxy) is 2. The number of carbonyl (C=O) groups excluding carboxylic acids is 1. The summed E-state index contributed by atoms with van der Waals surface area (Å²) in [6.45, 7) is 5.89. The number of hydrogen-bond donors (Lipinski definition) is 1. The van der Waals surface area contributed by atoms with Crippen molar-refractivity contribution < 1.29 is 14.3 Å². The van der Waals surface area contributed by atoms with E-state index in [9.17, 15) is 4.79 Å². The van der Waals surface area contributed by atoms with Crippen LogP contribution in [0, 0.1) is 6.92 Å². The van der Waals surface area contributed by atoms with Gasteiger partial charge in [0.1, 0.15) is 17.6 Å². The number of hydrogen-bond acceptors (Lipinski definition) is 4. The van der Waals surface area contributed by atoms with Gasteiger partial charge in [0.2, 0.25) is 0 Å². The molecular formula is C22H28N2O3. The molecule has 1 heterocycles. The van der Waals surface area contributed by atoms with Crippen LogP contribution < -0.4 is 14.8 Å². The Morgan fingerprint density at radius 3 is 2.26 bits per heavy atom. The summed E-state index contributed by atoms with van der Waals surface area (Å²) < 4.78 is 11.7. The van der Waals surface area contributed by atoms with Crippen LogP contribution in [0.15, 0.2) is 48.5 Å². The maximum absolute atomic E-state index is 12.3. The second-order valence-electron chi connectivity index (χ2n) is 7.21. The summed E-state index contributed by atoms with van der Waals surface area (Å²) in [6.07, 6.45) is 1.78. The van der Waals surface area contributed by atoms with Crippen molar-refractivity contribution in [1.29, 1.82) is 0 Å². The first kappa shape index (κ1) is 19.2. The van der Waals surface area contributed by atoms with Crippen LogP contribution in [0.4, 0.5) is 5.69 Å². The number of carbonyl (C=O) groups is 1. The molecule has 1 atom stereocenters. The quantitative estimate of drug-likeness (QED) is 0.841. The zero-order chi connectivity index (χ0) is 19.2. The number of anilines is 1. The van der Waals surface area contributed by atoms with Crippen molar-refractivity contribution >= 4 is 11.6 Å². The van der Waals surface area contributed by atoms with E-state index in [0.29, 0.717) is 5.75 Å². The average Bonchev–Trinajstić information content (AvgIpc) is 2.67. The van der Waals surface area contributed by atoms with Crippen LogP contribution in [0.25, 0.3) is 0 Å². The first-order valence-electron chi connectivity index (χ1n) is 9.49. The molecule has 0 aromatic heterocycles. The Kier molecular flexibility index (Phi) is 6.35. The summed E-state index contributed by atoms with van der Waals surface area (Å²) in [4.78, 5) is 14.7. The van der Waals surface area contributed by atoms with Gasteiger partial charge in [0.15, 0.2) is 6.10 Å². The Hall–Kier alpha value is -2.53. The monoisotopic (exact) mass is 368 g/mol. The zero-order valence-corrected chi connectivity index (χ0v) is 16.3. The number of benzene rings is 2. The molecule has 1 amide bonds. The highest BCUT2D eigenvalue weighted by Gasteiger charge is 2.18. The highest BCUT2D eigenvalue weighted by atomic mass is 16.5. The predicted octanol–water partition coefficient (Wildman–Crippen LogP) is 3.87. The molecule has 2 aromatic carbocycles. The van der Waals surface area contributed by atoms with E-state index < -0.39 is 6.10 Å². The summed E-state index contributed by atoms with van der Waals surface area (Å²) in [5, 5.41) is 2.88. The number of nitrogens with zero attached hydrogens (tertiary/aromatic N) is 1. The van der Waals surface area contributed by atoms with Crippen LogP contribution in [-0.4, -0.2) is 43.2 Å². The Bertz CT molecular complexity index is 735. The maximum Gasteiger partial charge on any atom is 0.265 e. The van der Waals surface area contributed by atoms with E-state index in [-0.39, 0.29) is 12.0 Å². The average molecular weight is 368 g/mol. The van der Waals surface area contributed by atoms with Gasteiger partial charge in [0.25, 0.3) is 5.91 Å². The van der Waals surface area contributed by atoms with Crippen LogP contribution in [0.5, 0.6) is 11.5 Å². The fourth-order valence-corrected chi connectivity index (χ4v) is 3.03. The minimum absolute atomic E-state index is 0.181. The molecule has 5 nitrogen and oxygen atoms in total. The second kappa shape index (κ2) is 8.91. The van der Waals surface area contributed by atoms with E-state index in [1.54, 1.807) is 6.92 Å². The first-order chi connectivity index (χ1) is 13.0. The Labute approximate surface area is 161 Å². The standard InChI is InChI=1S/C22H28N2O3/c1-16-4-8-19(9-5-16)26-17(2)22(25)23-18-6-10-20(11-7-18)27-21-12-14-24(3)15-13-21/h4-11,17,21H,12-15H2,1-3H3,(H,23,25)/t17-/m0/s1. The number of likely N-dealkylation sites (tertiary alicyclic amines) is 1. The summed E-state index contributed by atoms with van der Waals surface area (Å²) >= 11 is 0. The molecule has 0 radical (unpaired) electrons. The number of aryl methyl sites for hydroxylation is 1. The Morgan fingerprint density at radius 1 is 1.04 bits per heavy atom. The number of rotatable bonds is 6. The lowest BCUT2D eigenvalue weighted by atomic mass is 10.1. The first-order valence-corrected chi connectivity index (χ1v) is 9.49. The molecule has 0 aliphatic carbocycles. The molecule has 0 bridgehead atoms. The van der Waals surface area contributed by atoms with Gasteiger partial charge < -0.3 is 19.7 Å². The van der Waals surface area contributed by atoms with Gasteiger partial charge in [0, 0.05) is 18.8 Å². The van der Waals surface area contributed by atoms with Crippen molar-refractivity contribution in [1.82, 2.24) is 4.90 Å². The third kappa shape index (κ3) is 5.73. The molecule has 1 aliphatic rings. The number of piperidine rings is 1. The van der Waals surface area contributed by atoms with Crippen LogP contribution in [-0.2, 0) is 4.79 Å². The lowest BCUT2D eigenvalue weighted by Gasteiger charge is -2.29. The highest BCUT2D eigenvalue weighted by molar-refractivity contribution is 5.94. The van der Waals surface area contributed by atoms with Gasteiger partial charge in [-0.3, -0.25) is 4.79 Å². The SMILES string of the molecule is Cc1ccc(O[C@@H](C)C(=O)Nc2ccc(OC3CCN(C)CC3)cc2)cc1. The van der Waals surface area contributed by atoms with Crippen molar-refractivity contribution in [3.05, 3.63) is 54.1 Å². The predicted molar refractivity (Wildman–Crippen MR) is 107 cm³/mol. The molecule has 144 valence electrons. The van der Waals surface area contributed by atoms with Gasteiger partial charge in [0.05, 0.1) is 0 Å². The fourth-order valence-electron chi connectivity index (χ4n) is 3.03. The fraction of sp³-hybridized carbons (Fsp3) is 0.409. The van der Waals surface area contributed by atoms with E-state index in [1.165, 1.54) is 0 Å². The van der Waals surface area contributed by atoms with E-state index >= 15 is 0 Å². The van der Waals surface area contributed by atoms with Gasteiger partial charge in [-0.25, -0.2) is 0 Å². The van der Waals surface area contributed by atoms with Crippen LogP contribution >= 0.6 is 0 Å². The lowest BCUT2D eigenvalue weighted by molar-refractivity contribution is -0.122. The Balaban J connectivity index is 1.49. The van der Waals surface area contributed by atoms with E-state index in [2.05, 4.69) is 17.3 Å². The van der Waals surface area contributed by atoms with Crippen LogP contribution in [0.1, 0.15) is 25.3 Å². The molecular weight excluding hydrogens is 340 g/mol. The molecule has 0 saturated carbocycles. The molecule has 27 heavy (non-hydrogen) atoms. The third-order valence-corrected chi connectivity index (χ3v) is 4.79. The van der Waals surface area contributed by atoms with Gasteiger partial charge >= 0.3 is 0 Å². The van der Waals surface area contributed by atoms with Crippen molar-refractivity contribution in [2.24, 2.45) is 0 Å². The normalized spacial score (nSPS) is 16.6. The van der Waals surface area contributed by atoms with E-state index in [0.717, 1.165) is 42.9 Å². The van der Waals surface area contributed by atoms with Crippen LogP contribution in [0.2, 0.25) is 0 Å². The summed E-state index contributed by atoms with van der Waals surface area (Å²) in [5.41, 5.74) is 1.89. The molecule has 1 aliphatic heterocycles. The van der Waals surface area contributed by atoms with E-state index in [1.807, 2.05) is 55.5 Å². The molecule has 1 N–H and O–H groups in total. The second-order valence-corrected chi connectivity index (χ2v) is 7.21. The topological polar surface area (TPSA) is 50.8 Å². The molecule has 1 fully saturated rings. The molecule has 0 spiro atoms. The summed E-state index contributed by atoms with van der Waals surface area (Å²) in [6, 6.07) is 15.2. The molecule has 0 unspecified atom stereocenters. The summed E-state index contributed by atoms with van der Waals surface area (Å²) in [5.74, 6) is 1.34. The number of amides is 1. The highest BCUT2D eigenvalue weighted by Crippen LogP contribution is 2.21. The third-order valence-electron chi connectivity index (χ3n) is 4.79. The minimum atomic E-state index is -0.581. The van der Waals surface area contributed by atoms with Gasteiger partial charge in [-0.05, 0) is 70.1 Å². The van der Waals surface area contributed by atoms with Crippen molar-refractivity contribution in [2.45, 2.75) is 38.9 Å². The van der Waals surface area contributed by atoms with Crippen molar-refractivity contribution in [3.8, 4) is 11.5 Å². The number of nitrogens with one attached hydrogen (secondary N) is 1. The van der Waals surface area contributed by atoms with Crippen molar-refractivity contribution in [2.75, 3.05) is 25.5 Å². The molecule has 1 saturated heterocycles. The maximum atomic E-state index is 12.3.